The van der Waals surface area contributed by atoms with Crippen LogP contribution in [0.2, 0.25) is 0 Å². The van der Waals surface area contributed by atoms with E-state index in [1.54, 1.807) is 0 Å². The van der Waals surface area contributed by atoms with Crippen LogP contribution in [0.3, 0.4) is 0 Å². The van der Waals surface area contributed by atoms with Crippen molar-refractivity contribution in [2.24, 2.45) is 5.73 Å². The topological polar surface area (TPSA) is 48.1 Å². The van der Waals surface area contributed by atoms with E-state index in [4.69, 9.17) is 5.73 Å². The van der Waals surface area contributed by atoms with Crippen molar-refractivity contribution >= 4 is 0 Å². The van der Waals surface area contributed by atoms with E-state index in [2.05, 4.69) is 9.72 Å². The molecule has 1 aromatic heterocycles. The van der Waals surface area contributed by atoms with E-state index in [1.807, 2.05) is 0 Å². The largest absolute Gasteiger partial charge is 0.574 e. The number of rotatable bonds is 2. The van der Waals surface area contributed by atoms with Gasteiger partial charge in [-0.3, -0.25) is 0 Å². The molecule has 1 rings (SSSR count). The number of hydrogen-bond acceptors (Lipinski definition) is 3. The highest BCUT2D eigenvalue weighted by atomic mass is 19.4. The molecule has 0 amide bonds. The second-order valence-electron chi connectivity index (χ2n) is 2.33. The average Bonchev–Trinajstić information content (AvgIpc) is 2.01. The van der Waals surface area contributed by atoms with Crippen LogP contribution in [0.15, 0.2) is 12.3 Å². The lowest BCUT2D eigenvalue weighted by Gasteiger charge is -2.10. The Labute approximate surface area is 76.5 Å². The summed E-state index contributed by atoms with van der Waals surface area (Å²) in [6, 6.07) is 0.908. The maximum atomic E-state index is 12.9. The SMILES string of the molecule is NCc1c(F)ccnc1OC(F)(F)F. The molecule has 3 nitrogen and oxygen atoms in total. The molecule has 14 heavy (non-hydrogen) atoms. The molecule has 0 aliphatic carbocycles. The summed E-state index contributed by atoms with van der Waals surface area (Å²) in [6.45, 7) is -0.412. The third-order valence-corrected chi connectivity index (χ3v) is 1.38. The van der Waals surface area contributed by atoms with E-state index in [0.29, 0.717) is 0 Å². The van der Waals surface area contributed by atoms with Gasteiger partial charge in [0.2, 0.25) is 5.88 Å². The lowest BCUT2D eigenvalue weighted by Crippen LogP contribution is -2.20. The Hall–Kier alpha value is -1.37. The third kappa shape index (κ3) is 2.56. The molecule has 0 atom stereocenters. The standard InChI is InChI=1S/C7H6F4N2O/c8-5-1-2-13-6(4(5)3-12)14-7(9,10)11/h1-2H,3,12H2. The van der Waals surface area contributed by atoms with Crippen LogP contribution in [0.25, 0.3) is 0 Å². The van der Waals surface area contributed by atoms with Gasteiger partial charge >= 0.3 is 6.36 Å². The molecule has 1 aromatic rings. The van der Waals surface area contributed by atoms with Gasteiger partial charge in [0.1, 0.15) is 5.82 Å². The first-order valence-corrected chi connectivity index (χ1v) is 3.53. The van der Waals surface area contributed by atoms with Crippen molar-refractivity contribution in [1.29, 1.82) is 0 Å². The summed E-state index contributed by atoms with van der Waals surface area (Å²) in [5.41, 5.74) is 4.64. The number of pyridine rings is 1. The van der Waals surface area contributed by atoms with Gasteiger partial charge in [0.05, 0.1) is 5.56 Å². The second kappa shape index (κ2) is 3.79. The summed E-state index contributed by atoms with van der Waals surface area (Å²) in [6.07, 6.45) is -4.03. The average molecular weight is 210 g/mol. The summed E-state index contributed by atoms with van der Waals surface area (Å²) in [7, 11) is 0. The zero-order valence-electron chi connectivity index (χ0n) is 6.81. The number of nitrogens with zero attached hydrogens (tertiary/aromatic N) is 1. The summed E-state index contributed by atoms with van der Waals surface area (Å²) >= 11 is 0. The van der Waals surface area contributed by atoms with E-state index in [1.165, 1.54) is 0 Å². The molecular weight excluding hydrogens is 204 g/mol. The minimum Gasteiger partial charge on any atom is -0.387 e. The Bertz CT molecular complexity index is 326. The van der Waals surface area contributed by atoms with Gasteiger partial charge in [-0.2, -0.15) is 0 Å². The Morgan fingerprint density at radius 2 is 2.07 bits per heavy atom. The van der Waals surface area contributed by atoms with Gasteiger partial charge in [-0.25, -0.2) is 9.37 Å². The minimum atomic E-state index is -4.90. The predicted octanol–water partition coefficient (Wildman–Crippen LogP) is 1.58. The Kier molecular flexibility index (Phi) is 2.90. The number of nitrogens with two attached hydrogens (primary N) is 1. The number of ether oxygens (including phenoxy) is 1. The lowest BCUT2D eigenvalue weighted by atomic mass is 10.2. The summed E-state index contributed by atoms with van der Waals surface area (Å²) in [5, 5.41) is 0. The minimum absolute atomic E-state index is 0.398. The molecule has 0 aromatic carbocycles. The van der Waals surface area contributed by atoms with Crippen LogP contribution < -0.4 is 10.5 Å². The van der Waals surface area contributed by atoms with Gasteiger partial charge < -0.3 is 10.5 Å². The Morgan fingerprint density at radius 3 is 2.57 bits per heavy atom. The fraction of sp³-hybridized carbons (Fsp3) is 0.286. The maximum Gasteiger partial charge on any atom is 0.574 e. The molecule has 0 aliphatic rings. The normalized spacial score (nSPS) is 11.5. The van der Waals surface area contributed by atoms with Crippen LogP contribution in [0.1, 0.15) is 5.56 Å². The zero-order valence-corrected chi connectivity index (χ0v) is 6.81. The van der Waals surface area contributed by atoms with Crippen LogP contribution in [0, 0.1) is 5.82 Å². The smallest absolute Gasteiger partial charge is 0.387 e. The highest BCUT2D eigenvalue weighted by Gasteiger charge is 2.33. The summed E-state index contributed by atoms with van der Waals surface area (Å²) < 4.78 is 51.6. The van der Waals surface area contributed by atoms with Crippen molar-refractivity contribution in [2.75, 3.05) is 0 Å². The van der Waals surface area contributed by atoms with Crippen molar-refractivity contribution in [2.45, 2.75) is 12.9 Å². The molecule has 0 unspecified atom stereocenters. The molecule has 0 aliphatic heterocycles. The molecule has 0 fully saturated rings. The molecule has 0 radical (unpaired) electrons. The molecule has 0 bridgehead atoms. The van der Waals surface area contributed by atoms with Crippen molar-refractivity contribution in [3.63, 3.8) is 0 Å². The molecule has 0 spiro atoms. The van der Waals surface area contributed by atoms with Crippen molar-refractivity contribution < 1.29 is 22.3 Å². The van der Waals surface area contributed by atoms with Gasteiger partial charge in [0.25, 0.3) is 0 Å². The molecular formula is C7H6F4N2O. The van der Waals surface area contributed by atoms with Crippen molar-refractivity contribution in [3.8, 4) is 5.88 Å². The summed E-state index contributed by atoms with van der Waals surface area (Å²) in [4.78, 5) is 3.23. The zero-order chi connectivity index (χ0) is 10.8. The number of hydrogen-bond donors (Lipinski definition) is 1. The maximum absolute atomic E-state index is 12.9. The monoisotopic (exact) mass is 210 g/mol. The predicted molar refractivity (Wildman–Crippen MR) is 38.8 cm³/mol. The number of halogens is 4. The molecule has 78 valence electrons. The Balaban J connectivity index is 3.02. The first-order chi connectivity index (χ1) is 6.44. The van der Waals surface area contributed by atoms with E-state index < -0.39 is 30.2 Å². The van der Waals surface area contributed by atoms with Crippen LogP contribution in [-0.4, -0.2) is 11.3 Å². The first-order valence-electron chi connectivity index (χ1n) is 3.53. The lowest BCUT2D eigenvalue weighted by molar-refractivity contribution is -0.276. The van der Waals surface area contributed by atoms with Crippen LogP contribution >= 0.6 is 0 Å². The number of aromatic nitrogens is 1. The van der Waals surface area contributed by atoms with Gasteiger partial charge in [-0.05, 0) is 6.07 Å². The van der Waals surface area contributed by atoms with Crippen LogP contribution in [-0.2, 0) is 6.54 Å². The molecule has 7 heteroatoms. The van der Waals surface area contributed by atoms with Gasteiger partial charge in [0.15, 0.2) is 0 Å². The van der Waals surface area contributed by atoms with Crippen LogP contribution in [0.5, 0.6) is 5.88 Å². The second-order valence-corrected chi connectivity index (χ2v) is 2.33. The van der Waals surface area contributed by atoms with Gasteiger partial charge in [-0.15, -0.1) is 13.2 Å². The van der Waals surface area contributed by atoms with E-state index in [9.17, 15) is 17.6 Å². The quantitative estimate of drug-likeness (QED) is 0.754. The molecule has 1 heterocycles. The van der Waals surface area contributed by atoms with E-state index in [-0.39, 0.29) is 0 Å². The van der Waals surface area contributed by atoms with Gasteiger partial charge in [0, 0.05) is 12.7 Å². The number of alkyl halides is 3. The molecule has 0 saturated heterocycles. The van der Waals surface area contributed by atoms with Crippen LogP contribution in [0.4, 0.5) is 17.6 Å². The van der Waals surface area contributed by atoms with E-state index in [0.717, 1.165) is 12.3 Å². The van der Waals surface area contributed by atoms with Crippen molar-refractivity contribution in [3.05, 3.63) is 23.6 Å². The first kappa shape index (κ1) is 10.7. The highest BCUT2D eigenvalue weighted by Crippen LogP contribution is 2.25. The Morgan fingerprint density at radius 1 is 1.43 bits per heavy atom. The highest BCUT2D eigenvalue weighted by molar-refractivity contribution is 5.26. The third-order valence-electron chi connectivity index (χ3n) is 1.38. The fourth-order valence-corrected chi connectivity index (χ4v) is 0.833. The van der Waals surface area contributed by atoms with E-state index >= 15 is 0 Å². The molecule has 2 N–H and O–H groups in total. The van der Waals surface area contributed by atoms with Crippen molar-refractivity contribution in [1.82, 2.24) is 4.98 Å². The summed E-state index contributed by atoms with van der Waals surface area (Å²) in [5.74, 6) is -1.72. The van der Waals surface area contributed by atoms with Gasteiger partial charge in [-0.1, -0.05) is 0 Å². The fourth-order valence-electron chi connectivity index (χ4n) is 0.833. The molecule has 0 saturated carbocycles.